The molecule has 6 heteroatoms. The maximum Gasteiger partial charge on any atom is -0.107 e. The molecule has 0 amide bonds. The van der Waals surface area contributed by atoms with Crippen LogP contribution in [0.25, 0.3) is 0 Å². The molecule has 0 N–H and O–H groups in total. The minimum absolute atomic E-state index is 0. The van der Waals surface area contributed by atoms with Gasteiger partial charge in [0.2, 0.25) is 0 Å². The van der Waals surface area contributed by atoms with E-state index in [1.54, 1.807) is 0 Å². The van der Waals surface area contributed by atoms with Gasteiger partial charge in [0.05, 0.1) is 0 Å². The Kier molecular flexibility index (Phi) is 537. The molecule has 0 aromatic carbocycles. The standard InChI is InChI=1S/3ClH.2HI.H3P/h5*1H;1H3. The lowest BCUT2D eigenvalue weighted by Crippen LogP contribution is 0.688. The maximum atomic E-state index is 0. The van der Waals surface area contributed by atoms with Crippen molar-refractivity contribution in [2.24, 2.45) is 0 Å². The molecular weight excluding hydrogens is 391 g/mol. The van der Waals surface area contributed by atoms with E-state index in [1.165, 1.54) is 0 Å². The van der Waals surface area contributed by atoms with Crippen LogP contribution in [0.15, 0.2) is 0 Å². The molecule has 0 rings (SSSR count). The van der Waals surface area contributed by atoms with Crippen LogP contribution in [0.4, 0.5) is 0 Å². The van der Waals surface area contributed by atoms with Crippen molar-refractivity contribution in [2.75, 3.05) is 0 Å². The molecule has 0 bridgehead atoms. The highest BCUT2D eigenvalue weighted by Crippen LogP contribution is 0.887. The van der Waals surface area contributed by atoms with Gasteiger partial charge >= 0.3 is 0 Å². The molecule has 0 radical (unpaired) electrons. The van der Waals surface area contributed by atoms with Crippen LogP contribution in [0, 0.1) is 0 Å². The fourth-order valence-electron chi connectivity index (χ4n) is 0. The second kappa shape index (κ2) is 46.6. The van der Waals surface area contributed by atoms with Gasteiger partial charge in [0.15, 0.2) is 0 Å². The van der Waals surface area contributed by atoms with Gasteiger partial charge in [-0.05, 0) is 0 Å². The first kappa shape index (κ1) is 69.2. The average molecular weight is 399 g/mol. The van der Waals surface area contributed by atoms with Gasteiger partial charge in [0, 0.05) is 0 Å². The third kappa shape index (κ3) is 29.4. The van der Waals surface area contributed by atoms with Gasteiger partial charge < -0.3 is 0 Å². The molecule has 0 aliphatic rings. The van der Waals surface area contributed by atoms with Crippen LogP contribution in [0.2, 0.25) is 0 Å². The summed E-state index contributed by atoms with van der Waals surface area (Å²) in [6, 6.07) is 0. The first-order valence-corrected chi connectivity index (χ1v) is 0. The van der Waals surface area contributed by atoms with E-state index in [9.17, 15) is 0 Å². The Hall–Kier alpha value is 2.76. The highest BCUT2D eigenvalue weighted by atomic mass is 127. The maximum absolute atomic E-state index is 0. The Morgan fingerprint density at radius 2 is 0.500 bits per heavy atom. The van der Waals surface area contributed by atoms with Crippen molar-refractivity contribution in [3.63, 3.8) is 0 Å². The van der Waals surface area contributed by atoms with Crippen LogP contribution in [0.3, 0.4) is 0 Å². The van der Waals surface area contributed by atoms with Crippen molar-refractivity contribution in [2.45, 2.75) is 0 Å². The normalized spacial score (nSPS) is 0. The lowest BCUT2D eigenvalue weighted by molar-refractivity contribution is 5.85. The zero-order valence-corrected chi connectivity index (χ0v) is 11.3. The Morgan fingerprint density at radius 1 is 0.500 bits per heavy atom. The molecule has 0 aromatic heterocycles. The molecule has 0 spiro atoms. The van der Waals surface area contributed by atoms with Crippen LogP contribution in [0.1, 0.15) is 0 Å². The molecule has 0 heterocycles. The fourth-order valence-corrected chi connectivity index (χ4v) is 0. The predicted octanol–water partition coefficient (Wildman–Crippen LogP) is 2.56. The molecule has 0 aliphatic carbocycles. The van der Waals surface area contributed by atoms with Crippen LogP contribution < -0.4 is 0 Å². The summed E-state index contributed by atoms with van der Waals surface area (Å²) in [4.78, 5) is 0. The SMILES string of the molecule is Cl.Cl.Cl.I.I.P. The number of halogens is 5. The topological polar surface area (TPSA) is 0 Å². The van der Waals surface area contributed by atoms with E-state index in [4.69, 9.17) is 0 Å². The minimum Gasteiger partial charge on any atom is -0.153 e. The van der Waals surface area contributed by atoms with Gasteiger partial charge in [-0.25, -0.2) is 0 Å². The van der Waals surface area contributed by atoms with E-state index >= 15 is 0 Å². The largest absolute Gasteiger partial charge is 0.153 e. The van der Waals surface area contributed by atoms with Crippen LogP contribution in [0.5, 0.6) is 0 Å². The molecule has 0 aliphatic heterocycles. The lowest BCUT2D eigenvalue weighted by Gasteiger charge is -0.154. The van der Waals surface area contributed by atoms with Gasteiger partial charge in [0.1, 0.15) is 0 Å². The van der Waals surface area contributed by atoms with Gasteiger partial charge in [0.25, 0.3) is 0 Å². The van der Waals surface area contributed by atoms with Gasteiger partial charge in [-0.1, -0.05) is 0 Å². The van der Waals surface area contributed by atoms with E-state index in [0.29, 0.717) is 0 Å². The van der Waals surface area contributed by atoms with E-state index in [2.05, 4.69) is 0 Å². The van der Waals surface area contributed by atoms with Crippen molar-refractivity contribution in [1.82, 2.24) is 0 Å². The number of hydrogen-bond donors (Lipinski definition) is 0. The monoisotopic (exact) mass is 398 g/mol. The lowest BCUT2D eigenvalue weighted by atomic mass is 31.0. The summed E-state index contributed by atoms with van der Waals surface area (Å²) in [7, 11) is 0. The average Bonchev–Trinajstić information content (AvgIpc) is 0. The molecule has 0 saturated carbocycles. The molecule has 6 heavy (non-hydrogen) atoms. The summed E-state index contributed by atoms with van der Waals surface area (Å²) in [5.74, 6) is 0. The van der Waals surface area contributed by atoms with E-state index < -0.39 is 0 Å². The second-order valence-electron chi connectivity index (χ2n) is 0. The molecule has 0 aromatic rings. The summed E-state index contributed by atoms with van der Waals surface area (Å²) >= 11 is 0. The second-order valence-corrected chi connectivity index (χ2v) is 0. The number of hydrogen-bond acceptors (Lipinski definition) is 0. The van der Waals surface area contributed by atoms with Crippen LogP contribution in [-0.2, 0) is 0 Å². The Bertz CT molecular complexity index is 8.75. The zero-order valence-electron chi connectivity index (χ0n) is 2.75. The highest BCUT2D eigenvalue weighted by Gasteiger charge is -0.106. The fraction of sp³-hybridized carbons (Fsp3) is 0. The van der Waals surface area contributed by atoms with E-state index in [-0.39, 0.29) is 95.1 Å². The third-order valence-corrected chi connectivity index (χ3v) is 0. The molecule has 1 atom stereocenters. The van der Waals surface area contributed by atoms with Crippen LogP contribution >= 0.6 is 95.1 Å². The zero-order chi connectivity index (χ0) is 0. The summed E-state index contributed by atoms with van der Waals surface area (Å²) in [5, 5.41) is 0. The first-order valence-electron chi connectivity index (χ1n) is 0. The highest BCUT2D eigenvalue weighted by molar-refractivity contribution is 14.0. The molecule has 1 unspecified atom stereocenters. The summed E-state index contributed by atoms with van der Waals surface area (Å²) < 4.78 is 0. The Morgan fingerprint density at radius 3 is 0.500 bits per heavy atom. The minimum atomic E-state index is 0. The first-order chi connectivity index (χ1) is 0. The molecular formula is H8Cl3I2P. The van der Waals surface area contributed by atoms with Crippen molar-refractivity contribution >= 4 is 95.1 Å². The summed E-state index contributed by atoms with van der Waals surface area (Å²) in [5.41, 5.74) is 0. The Balaban J connectivity index is 0. The van der Waals surface area contributed by atoms with Crippen molar-refractivity contribution in [3.05, 3.63) is 0 Å². The quantitative estimate of drug-likeness (QED) is 0.434. The molecule has 0 nitrogen and oxygen atoms in total. The third-order valence-electron chi connectivity index (χ3n) is 0. The number of rotatable bonds is 0. The van der Waals surface area contributed by atoms with Gasteiger partial charge in [-0.3, -0.25) is 0 Å². The summed E-state index contributed by atoms with van der Waals surface area (Å²) in [6.07, 6.45) is 0. The Labute approximate surface area is 93.9 Å². The smallest absolute Gasteiger partial charge is 0.107 e. The van der Waals surface area contributed by atoms with Gasteiger partial charge in [-0.15, -0.1) is 85.2 Å². The van der Waals surface area contributed by atoms with E-state index in [1.807, 2.05) is 0 Å². The summed E-state index contributed by atoms with van der Waals surface area (Å²) in [6.45, 7) is 0. The van der Waals surface area contributed by atoms with Gasteiger partial charge in [-0.2, -0.15) is 9.90 Å². The van der Waals surface area contributed by atoms with Crippen LogP contribution in [-0.4, -0.2) is 0 Å². The molecule has 0 fully saturated rings. The van der Waals surface area contributed by atoms with Crippen molar-refractivity contribution < 1.29 is 0 Å². The molecule has 48 valence electrons. The molecule has 0 saturated heterocycles. The predicted molar refractivity (Wildman–Crippen MR) is 63.7 cm³/mol. The van der Waals surface area contributed by atoms with Crippen molar-refractivity contribution in [3.8, 4) is 0 Å². The van der Waals surface area contributed by atoms with E-state index in [0.717, 1.165) is 0 Å². The van der Waals surface area contributed by atoms with Crippen molar-refractivity contribution in [1.29, 1.82) is 0 Å².